The van der Waals surface area contributed by atoms with Crippen LogP contribution in [0, 0.1) is 0 Å². The van der Waals surface area contributed by atoms with Crippen molar-refractivity contribution in [2.24, 2.45) is 0 Å². The van der Waals surface area contributed by atoms with Crippen molar-refractivity contribution in [1.29, 1.82) is 0 Å². The molecule has 0 fully saturated rings. The van der Waals surface area contributed by atoms with Crippen LogP contribution < -0.4 is 4.74 Å². The number of allylic oxidation sites excluding steroid dienone is 1. The molecule has 0 aliphatic carbocycles. The van der Waals surface area contributed by atoms with Gasteiger partial charge in [0.25, 0.3) is 0 Å². The summed E-state index contributed by atoms with van der Waals surface area (Å²) < 4.78 is 5.12. The maximum atomic E-state index is 10.5. The molecule has 0 aliphatic rings. The number of carbonyl (C=O) groups is 1. The zero-order valence-corrected chi connectivity index (χ0v) is 6.86. The van der Waals surface area contributed by atoms with Gasteiger partial charge in [-0.3, -0.25) is 4.79 Å². The molecule has 0 saturated carbocycles. The fraction of sp³-hybridized carbons (Fsp3) is 0.100. The first-order chi connectivity index (χ1) is 5.79. The molecule has 0 bridgehead atoms. The van der Waals surface area contributed by atoms with Crippen LogP contribution in [-0.4, -0.2) is 5.78 Å². The van der Waals surface area contributed by atoms with Gasteiger partial charge in [-0.05, 0) is 19.1 Å². The topological polar surface area (TPSA) is 26.3 Å². The van der Waals surface area contributed by atoms with E-state index < -0.39 is 0 Å². The Balaban J connectivity index is 2.49. The van der Waals surface area contributed by atoms with E-state index in [1.165, 1.54) is 19.3 Å². The fourth-order valence-corrected chi connectivity index (χ4v) is 0.707. The summed E-state index contributed by atoms with van der Waals surface area (Å²) >= 11 is 0. The predicted octanol–water partition coefficient (Wildman–Crippen LogP) is 2.17. The van der Waals surface area contributed by atoms with Gasteiger partial charge in [-0.2, -0.15) is 0 Å². The van der Waals surface area contributed by atoms with E-state index in [1.54, 1.807) is 0 Å². The summed E-state index contributed by atoms with van der Waals surface area (Å²) in [5.74, 6) is 0.709. The first-order valence-electron chi connectivity index (χ1n) is 3.68. The molecule has 0 aliphatic heterocycles. The zero-order valence-electron chi connectivity index (χ0n) is 6.86. The molecule has 0 spiro atoms. The number of rotatable bonds is 3. The van der Waals surface area contributed by atoms with E-state index in [0.29, 0.717) is 0 Å². The van der Waals surface area contributed by atoms with E-state index in [9.17, 15) is 4.79 Å². The van der Waals surface area contributed by atoms with Crippen LogP contribution in [0.4, 0.5) is 0 Å². The highest BCUT2D eigenvalue weighted by molar-refractivity contribution is 5.86. The van der Waals surface area contributed by atoms with Gasteiger partial charge in [0.2, 0.25) is 0 Å². The van der Waals surface area contributed by atoms with Gasteiger partial charge in [0.05, 0.1) is 6.26 Å². The summed E-state index contributed by atoms with van der Waals surface area (Å²) in [5.41, 5.74) is 0. The Labute approximate surface area is 71.5 Å². The van der Waals surface area contributed by atoms with Crippen molar-refractivity contribution >= 4 is 5.78 Å². The van der Waals surface area contributed by atoms with Gasteiger partial charge in [-0.25, -0.2) is 0 Å². The lowest BCUT2D eigenvalue weighted by Crippen LogP contribution is -1.85. The molecule has 2 heteroatoms. The second-order valence-corrected chi connectivity index (χ2v) is 2.34. The zero-order chi connectivity index (χ0) is 8.81. The molecule has 1 rings (SSSR count). The highest BCUT2D eigenvalue weighted by Gasteiger charge is 1.86. The first kappa shape index (κ1) is 8.53. The summed E-state index contributed by atoms with van der Waals surface area (Å²) in [6.45, 7) is 1.48. The highest BCUT2D eigenvalue weighted by atomic mass is 16.5. The fourth-order valence-electron chi connectivity index (χ4n) is 0.707. The average molecular weight is 162 g/mol. The lowest BCUT2D eigenvalue weighted by molar-refractivity contribution is -0.112. The summed E-state index contributed by atoms with van der Waals surface area (Å²) in [7, 11) is 0. The molecule has 12 heavy (non-hydrogen) atoms. The molecule has 0 unspecified atom stereocenters. The van der Waals surface area contributed by atoms with Gasteiger partial charge >= 0.3 is 0 Å². The van der Waals surface area contributed by atoms with E-state index >= 15 is 0 Å². The molecule has 62 valence electrons. The monoisotopic (exact) mass is 162 g/mol. The van der Waals surface area contributed by atoms with Crippen LogP contribution in [0.1, 0.15) is 6.92 Å². The smallest absolute Gasteiger partial charge is 0.155 e. The number of hydrogen-bond acceptors (Lipinski definition) is 2. The number of carbonyl (C=O) groups excluding carboxylic acids is 1. The lowest BCUT2D eigenvalue weighted by Gasteiger charge is -1.96. The predicted molar refractivity (Wildman–Crippen MR) is 46.9 cm³/mol. The molecule has 0 amide bonds. The Morgan fingerprint density at radius 3 is 2.58 bits per heavy atom. The minimum Gasteiger partial charge on any atom is -0.465 e. The number of hydrogen-bond donors (Lipinski definition) is 0. The third-order valence-corrected chi connectivity index (χ3v) is 1.25. The van der Waals surface area contributed by atoms with Crippen LogP contribution in [0.15, 0.2) is 42.7 Å². The lowest BCUT2D eigenvalue weighted by atomic mass is 10.3. The quantitative estimate of drug-likeness (QED) is 0.503. The Kier molecular flexibility index (Phi) is 3.08. The number of para-hydroxylation sites is 1. The van der Waals surface area contributed by atoms with Crippen LogP contribution in [0.2, 0.25) is 0 Å². The molecule has 0 saturated heterocycles. The molecular formula is C10H10O2. The van der Waals surface area contributed by atoms with Crippen LogP contribution in [0.5, 0.6) is 5.75 Å². The maximum Gasteiger partial charge on any atom is 0.155 e. The second kappa shape index (κ2) is 4.34. The number of benzene rings is 1. The maximum absolute atomic E-state index is 10.5. The van der Waals surface area contributed by atoms with E-state index in [0.717, 1.165) is 5.75 Å². The van der Waals surface area contributed by atoms with Crippen molar-refractivity contribution in [3.05, 3.63) is 42.7 Å². The highest BCUT2D eigenvalue weighted by Crippen LogP contribution is 2.07. The van der Waals surface area contributed by atoms with E-state index in [-0.39, 0.29) is 5.78 Å². The third kappa shape index (κ3) is 3.01. The van der Waals surface area contributed by atoms with Crippen molar-refractivity contribution in [3.8, 4) is 5.75 Å². The van der Waals surface area contributed by atoms with Gasteiger partial charge in [-0.15, -0.1) is 0 Å². The van der Waals surface area contributed by atoms with Gasteiger partial charge in [0.1, 0.15) is 5.75 Å². The van der Waals surface area contributed by atoms with Crippen LogP contribution >= 0.6 is 0 Å². The van der Waals surface area contributed by atoms with Crippen molar-refractivity contribution < 1.29 is 9.53 Å². The minimum absolute atomic E-state index is 0.0223. The van der Waals surface area contributed by atoms with E-state index in [1.807, 2.05) is 30.3 Å². The molecular weight excluding hydrogens is 152 g/mol. The standard InChI is InChI=1S/C10H10O2/c1-9(11)7-8-12-10-5-3-2-4-6-10/h2-8H,1H3/b8-7-. The average Bonchev–Trinajstić information content (AvgIpc) is 2.05. The normalized spacial score (nSPS) is 10.1. The van der Waals surface area contributed by atoms with Gasteiger partial charge < -0.3 is 4.74 Å². The Morgan fingerprint density at radius 2 is 2.00 bits per heavy atom. The van der Waals surface area contributed by atoms with Crippen LogP contribution in [0.3, 0.4) is 0 Å². The minimum atomic E-state index is -0.0223. The summed E-state index contributed by atoms with van der Waals surface area (Å²) in [6, 6.07) is 9.30. The van der Waals surface area contributed by atoms with Crippen molar-refractivity contribution in [3.63, 3.8) is 0 Å². The molecule has 0 atom stereocenters. The van der Waals surface area contributed by atoms with Crippen molar-refractivity contribution in [2.75, 3.05) is 0 Å². The summed E-state index contributed by atoms with van der Waals surface area (Å²) in [4.78, 5) is 10.5. The Bertz CT molecular complexity index is 275. The molecule has 0 radical (unpaired) electrons. The van der Waals surface area contributed by atoms with Crippen LogP contribution in [0.25, 0.3) is 0 Å². The summed E-state index contributed by atoms with van der Waals surface area (Å²) in [6.07, 6.45) is 2.77. The van der Waals surface area contributed by atoms with Gasteiger partial charge in [0, 0.05) is 6.08 Å². The Hall–Kier alpha value is -1.57. The Morgan fingerprint density at radius 1 is 1.33 bits per heavy atom. The van der Waals surface area contributed by atoms with Gasteiger partial charge in [0.15, 0.2) is 5.78 Å². The molecule has 1 aromatic carbocycles. The molecule has 0 heterocycles. The summed E-state index contributed by atoms with van der Waals surface area (Å²) in [5, 5.41) is 0. The first-order valence-corrected chi connectivity index (χ1v) is 3.68. The third-order valence-electron chi connectivity index (χ3n) is 1.25. The van der Waals surface area contributed by atoms with Crippen LogP contribution in [-0.2, 0) is 4.79 Å². The van der Waals surface area contributed by atoms with Crippen molar-refractivity contribution in [2.45, 2.75) is 6.92 Å². The number of ketones is 1. The number of ether oxygens (including phenoxy) is 1. The SMILES string of the molecule is CC(=O)/C=C\Oc1ccccc1. The molecule has 2 nitrogen and oxygen atoms in total. The molecule has 1 aromatic rings. The second-order valence-electron chi connectivity index (χ2n) is 2.34. The largest absolute Gasteiger partial charge is 0.465 e. The van der Waals surface area contributed by atoms with Gasteiger partial charge in [-0.1, -0.05) is 18.2 Å². The molecule has 0 N–H and O–H groups in total. The van der Waals surface area contributed by atoms with E-state index in [4.69, 9.17) is 4.74 Å². The van der Waals surface area contributed by atoms with E-state index in [2.05, 4.69) is 0 Å². The molecule has 0 aromatic heterocycles. The van der Waals surface area contributed by atoms with Crippen molar-refractivity contribution in [1.82, 2.24) is 0 Å².